The number of hydrogen-bond donors (Lipinski definition) is 0. The van der Waals surface area contributed by atoms with E-state index in [0.29, 0.717) is 34.0 Å². The van der Waals surface area contributed by atoms with Crippen LogP contribution in [0, 0.1) is 0 Å². The molecule has 0 fully saturated rings. The van der Waals surface area contributed by atoms with Crippen LogP contribution in [0.3, 0.4) is 0 Å². The molecule has 7 heteroatoms. The maximum Gasteiger partial charge on any atom is 0.262 e. The predicted molar refractivity (Wildman–Crippen MR) is 110 cm³/mol. The third-order valence-corrected chi connectivity index (χ3v) is 6.11. The second-order valence-corrected chi connectivity index (χ2v) is 8.31. The van der Waals surface area contributed by atoms with Gasteiger partial charge in [-0.15, -0.1) is 11.3 Å². The second-order valence-electron chi connectivity index (χ2n) is 5.87. The first-order valence-corrected chi connectivity index (χ1v) is 10.7. The Morgan fingerprint density at radius 2 is 2.19 bits per heavy atom. The van der Waals surface area contributed by atoms with E-state index in [9.17, 15) is 9.59 Å². The number of carbonyl (C=O) groups is 1. The zero-order valence-corrected chi connectivity index (χ0v) is 16.8. The molecular weight excluding hydrogens is 388 g/mol. The molecule has 0 radical (unpaired) electrons. The number of carbonyl (C=O) groups excluding carboxylic acids is 1. The lowest BCUT2D eigenvalue weighted by atomic mass is 10.2. The summed E-state index contributed by atoms with van der Waals surface area (Å²) < 4.78 is 1.72. The summed E-state index contributed by atoms with van der Waals surface area (Å²) in [6.45, 7) is 2.66. The van der Waals surface area contributed by atoms with E-state index < -0.39 is 0 Å². The molecule has 0 atom stereocenters. The first-order chi connectivity index (χ1) is 12.6. The van der Waals surface area contributed by atoms with Gasteiger partial charge in [0.2, 0.25) is 0 Å². The average molecular weight is 407 g/mol. The predicted octanol–water partition coefficient (Wildman–Crippen LogP) is 5.28. The highest BCUT2D eigenvalue weighted by Crippen LogP contribution is 2.22. The number of rotatable bonds is 8. The van der Waals surface area contributed by atoms with Gasteiger partial charge in [0, 0.05) is 23.7 Å². The van der Waals surface area contributed by atoms with E-state index in [4.69, 9.17) is 11.6 Å². The molecule has 3 aromatic rings. The summed E-state index contributed by atoms with van der Waals surface area (Å²) in [4.78, 5) is 30.3. The quantitative estimate of drug-likeness (QED) is 0.221. The van der Waals surface area contributed by atoms with Crippen LogP contribution in [0.4, 0.5) is 0 Å². The number of benzene rings is 1. The van der Waals surface area contributed by atoms with Gasteiger partial charge in [0.05, 0.1) is 15.8 Å². The molecule has 0 amide bonds. The number of ketones is 1. The second kappa shape index (κ2) is 8.84. The van der Waals surface area contributed by atoms with Crippen LogP contribution in [-0.2, 0) is 6.54 Å². The van der Waals surface area contributed by atoms with Crippen LogP contribution in [0.15, 0.2) is 45.7 Å². The molecule has 2 heterocycles. The number of hydrogen-bond acceptors (Lipinski definition) is 5. The first kappa shape index (κ1) is 19.1. The Balaban J connectivity index is 1.74. The minimum absolute atomic E-state index is 0.0364. The summed E-state index contributed by atoms with van der Waals surface area (Å²) >= 11 is 9.04. The largest absolute Gasteiger partial charge is 0.293 e. The lowest BCUT2D eigenvalue weighted by molar-refractivity contribution is 0.0986. The van der Waals surface area contributed by atoms with Crippen LogP contribution in [0.2, 0.25) is 5.02 Å². The monoisotopic (exact) mass is 406 g/mol. The smallest absolute Gasteiger partial charge is 0.262 e. The van der Waals surface area contributed by atoms with Crippen LogP contribution in [0.1, 0.15) is 35.9 Å². The fourth-order valence-corrected chi connectivity index (χ4v) is 4.49. The molecule has 4 nitrogen and oxygen atoms in total. The molecule has 136 valence electrons. The number of nitrogens with zero attached hydrogens (tertiary/aromatic N) is 2. The van der Waals surface area contributed by atoms with Gasteiger partial charge in [-0.3, -0.25) is 14.2 Å². The van der Waals surface area contributed by atoms with Crippen molar-refractivity contribution in [1.29, 1.82) is 0 Å². The molecule has 0 aliphatic heterocycles. The number of thiophene rings is 1. The van der Waals surface area contributed by atoms with E-state index in [2.05, 4.69) is 4.98 Å². The van der Waals surface area contributed by atoms with Crippen molar-refractivity contribution in [2.45, 2.75) is 37.9 Å². The van der Waals surface area contributed by atoms with Crippen LogP contribution in [0.25, 0.3) is 10.9 Å². The summed E-state index contributed by atoms with van der Waals surface area (Å²) in [6.07, 6.45) is 2.10. The molecule has 0 N–H and O–H groups in total. The highest BCUT2D eigenvalue weighted by molar-refractivity contribution is 7.99. The van der Waals surface area contributed by atoms with Gasteiger partial charge in [0.1, 0.15) is 0 Å². The zero-order chi connectivity index (χ0) is 18.5. The Hall–Kier alpha value is -1.63. The van der Waals surface area contributed by atoms with Crippen LogP contribution < -0.4 is 5.56 Å². The normalized spacial score (nSPS) is 11.2. The average Bonchev–Trinajstić information content (AvgIpc) is 3.16. The fraction of sp³-hybridized carbons (Fsp3) is 0.316. The Morgan fingerprint density at radius 3 is 2.92 bits per heavy atom. The summed E-state index contributed by atoms with van der Waals surface area (Å²) in [7, 11) is 0. The Morgan fingerprint density at radius 1 is 1.35 bits per heavy atom. The number of halogens is 1. The molecule has 0 aliphatic carbocycles. The molecule has 1 aromatic carbocycles. The van der Waals surface area contributed by atoms with E-state index in [-0.39, 0.29) is 11.3 Å². The van der Waals surface area contributed by atoms with Crippen molar-refractivity contribution in [1.82, 2.24) is 9.55 Å². The van der Waals surface area contributed by atoms with Crippen molar-refractivity contribution in [3.8, 4) is 0 Å². The zero-order valence-electron chi connectivity index (χ0n) is 14.4. The van der Waals surface area contributed by atoms with E-state index in [1.165, 1.54) is 23.1 Å². The Labute approximate surface area is 165 Å². The van der Waals surface area contributed by atoms with E-state index in [1.54, 1.807) is 22.8 Å². The van der Waals surface area contributed by atoms with Crippen molar-refractivity contribution in [2.24, 2.45) is 0 Å². The maximum absolute atomic E-state index is 12.8. The topological polar surface area (TPSA) is 52.0 Å². The van der Waals surface area contributed by atoms with Gasteiger partial charge in [0.25, 0.3) is 5.56 Å². The van der Waals surface area contributed by atoms with Gasteiger partial charge in [-0.05, 0) is 42.5 Å². The minimum atomic E-state index is -0.0364. The minimum Gasteiger partial charge on any atom is -0.293 e. The third kappa shape index (κ3) is 4.37. The van der Waals surface area contributed by atoms with Crippen LogP contribution >= 0.6 is 34.7 Å². The number of thioether (sulfide) groups is 1. The highest BCUT2D eigenvalue weighted by Gasteiger charge is 2.12. The van der Waals surface area contributed by atoms with Crippen LogP contribution in [-0.4, -0.2) is 21.1 Å². The van der Waals surface area contributed by atoms with E-state index in [0.717, 1.165) is 23.5 Å². The summed E-state index contributed by atoms with van der Waals surface area (Å²) in [5, 5.41) is 3.75. The standard InChI is InChI=1S/C19H19ClN2O2S2/c1-2-9-22-18(24)14-8-7-13(20)12-15(14)21-19(22)26-11-3-5-16(23)17-6-4-10-25-17/h4,6-8,10,12H,2-3,5,9,11H2,1H3. The molecule has 2 aromatic heterocycles. The molecule has 0 bridgehead atoms. The van der Waals surface area contributed by atoms with Crippen LogP contribution in [0.5, 0.6) is 0 Å². The van der Waals surface area contributed by atoms with Crippen molar-refractivity contribution in [2.75, 3.05) is 5.75 Å². The maximum atomic E-state index is 12.8. The molecule has 26 heavy (non-hydrogen) atoms. The Kier molecular flexibility index (Phi) is 6.51. The van der Waals surface area contributed by atoms with Crippen molar-refractivity contribution in [3.63, 3.8) is 0 Å². The molecule has 0 spiro atoms. The lowest BCUT2D eigenvalue weighted by Gasteiger charge is -2.12. The Bertz CT molecular complexity index is 968. The van der Waals surface area contributed by atoms with E-state index >= 15 is 0 Å². The van der Waals surface area contributed by atoms with E-state index in [1.807, 2.05) is 24.4 Å². The molecule has 0 saturated heterocycles. The molecular formula is C19H19ClN2O2S2. The van der Waals surface area contributed by atoms with Crippen molar-refractivity contribution < 1.29 is 4.79 Å². The van der Waals surface area contributed by atoms with Gasteiger partial charge >= 0.3 is 0 Å². The van der Waals surface area contributed by atoms with Gasteiger partial charge in [-0.1, -0.05) is 36.4 Å². The third-order valence-electron chi connectivity index (χ3n) is 3.90. The molecule has 3 rings (SSSR count). The fourth-order valence-electron chi connectivity index (χ4n) is 2.66. The number of Topliss-reactive ketones (excluding diaryl/α,β-unsaturated/α-hetero) is 1. The SMILES string of the molecule is CCCn1c(SCCCC(=O)c2cccs2)nc2cc(Cl)ccc2c1=O. The van der Waals surface area contributed by atoms with Crippen molar-refractivity contribution >= 4 is 51.4 Å². The van der Waals surface area contributed by atoms with Gasteiger partial charge < -0.3 is 0 Å². The number of fused-ring (bicyclic) bond motifs is 1. The van der Waals surface area contributed by atoms with Gasteiger partial charge in [0.15, 0.2) is 10.9 Å². The van der Waals surface area contributed by atoms with Gasteiger partial charge in [-0.2, -0.15) is 0 Å². The molecule has 0 unspecified atom stereocenters. The summed E-state index contributed by atoms with van der Waals surface area (Å²) in [5.74, 6) is 0.907. The first-order valence-electron chi connectivity index (χ1n) is 8.49. The molecule has 0 aliphatic rings. The summed E-state index contributed by atoms with van der Waals surface area (Å²) in [6, 6.07) is 8.91. The van der Waals surface area contributed by atoms with Crippen molar-refractivity contribution in [3.05, 3.63) is 56.0 Å². The van der Waals surface area contributed by atoms with Gasteiger partial charge in [-0.25, -0.2) is 4.98 Å². The highest BCUT2D eigenvalue weighted by atomic mass is 35.5. The number of aromatic nitrogens is 2. The summed E-state index contributed by atoms with van der Waals surface area (Å²) in [5.41, 5.74) is 0.581. The lowest BCUT2D eigenvalue weighted by Crippen LogP contribution is -2.23. The molecule has 0 saturated carbocycles.